The van der Waals surface area contributed by atoms with Crippen molar-refractivity contribution < 1.29 is 9.32 Å². The van der Waals surface area contributed by atoms with Crippen LogP contribution in [0.2, 0.25) is 0 Å². The molecule has 1 aliphatic rings. The van der Waals surface area contributed by atoms with E-state index in [0.717, 1.165) is 33.7 Å². The number of aromatic nitrogens is 4. The maximum atomic E-state index is 13.4. The first kappa shape index (κ1) is 23.6. The van der Waals surface area contributed by atoms with Crippen LogP contribution in [0.1, 0.15) is 21.7 Å². The summed E-state index contributed by atoms with van der Waals surface area (Å²) < 4.78 is 5.60. The number of aryl methyl sites for hydroxylation is 2. The Kier molecular flexibility index (Phi) is 6.17. The van der Waals surface area contributed by atoms with Crippen molar-refractivity contribution in [3.8, 4) is 11.3 Å². The fourth-order valence-corrected chi connectivity index (χ4v) is 4.71. The van der Waals surface area contributed by atoms with Crippen LogP contribution in [0.25, 0.3) is 22.2 Å². The van der Waals surface area contributed by atoms with E-state index in [2.05, 4.69) is 30.3 Å². The Morgan fingerprint density at radius 1 is 0.895 bits per heavy atom. The van der Waals surface area contributed by atoms with Crippen LogP contribution >= 0.6 is 0 Å². The van der Waals surface area contributed by atoms with Gasteiger partial charge in [-0.15, -0.1) is 0 Å². The molecule has 9 nitrogen and oxygen atoms in total. The normalized spacial score (nSPS) is 13.6. The average Bonchev–Trinajstić information content (AvgIpc) is 3.36. The van der Waals surface area contributed by atoms with E-state index in [1.54, 1.807) is 6.20 Å². The largest absolute Gasteiger partial charge is 0.355 e. The second-order valence-electron chi connectivity index (χ2n) is 9.39. The second kappa shape index (κ2) is 9.93. The number of hydrogen-bond donors (Lipinski definition) is 1. The Labute approximate surface area is 220 Å². The highest BCUT2D eigenvalue weighted by molar-refractivity contribution is 6.01. The second-order valence-corrected chi connectivity index (χ2v) is 9.39. The number of fused-ring (bicyclic) bond motifs is 1. The number of carbonyl (C=O) groups excluding carboxylic acids is 1. The van der Waals surface area contributed by atoms with Crippen LogP contribution < -0.4 is 10.2 Å². The van der Waals surface area contributed by atoms with Crippen molar-refractivity contribution in [3.05, 3.63) is 89.9 Å². The smallest absolute Gasteiger partial charge is 0.254 e. The van der Waals surface area contributed by atoms with Crippen molar-refractivity contribution in [2.45, 2.75) is 13.8 Å². The Bertz CT molecular complexity index is 1610. The molecule has 3 aromatic heterocycles. The Hall–Kier alpha value is -4.79. The van der Waals surface area contributed by atoms with E-state index in [1.807, 2.05) is 85.5 Å². The molecule has 0 aliphatic carbocycles. The summed E-state index contributed by atoms with van der Waals surface area (Å²) in [4.78, 5) is 31.0. The van der Waals surface area contributed by atoms with Crippen LogP contribution in [0.4, 0.5) is 17.5 Å². The minimum atomic E-state index is -0.00138. The van der Waals surface area contributed by atoms with Crippen molar-refractivity contribution >= 4 is 34.3 Å². The van der Waals surface area contributed by atoms with Gasteiger partial charge in [0, 0.05) is 49.6 Å². The molecule has 9 heteroatoms. The molecule has 1 N–H and O–H groups in total. The highest BCUT2D eigenvalue weighted by Crippen LogP contribution is 2.30. The molecule has 1 saturated heterocycles. The molecule has 0 spiro atoms. The van der Waals surface area contributed by atoms with Crippen molar-refractivity contribution in [1.82, 2.24) is 25.0 Å². The highest BCUT2D eigenvalue weighted by atomic mass is 16.5. The van der Waals surface area contributed by atoms with E-state index in [1.165, 1.54) is 0 Å². The number of amides is 1. The number of hydrogen-bond acceptors (Lipinski definition) is 8. The van der Waals surface area contributed by atoms with E-state index < -0.39 is 0 Å². The zero-order chi connectivity index (χ0) is 26.1. The van der Waals surface area contributed by atoms with Gasteiger partial charge in [-0.3, -0.25) is 4.79 Å². The summed E-state index contributed by atoms with van der Waals surface area (Å²) in [6.45, 7) is 6.44. The standard InChI is InChI=1S/C29H27N7O2/c1-19-10-11-30-25(16-19)33-26-18-27(32-20(2)31-26)35-12-14-36(15-13-35)29(37)22-8-9-24-23(17-22)28(38-34-24)21-6-4-3-5-7-21/h3-11,16-18H,12-15H2,1-2H3,(H,30,31,32,33). The predicted octanol–water partition coefficient (Wildman–Crippen LogP) is 5.00. The molecule has 1 aliphatic heterocycles. The minimum absolute atomic E-state index is 0.00138. The minimum Gasteiger partial charge on any atom is -0.355 e. The van der Waals surface area contributed by atoms with Gasteiger partial charge in [0.15, 0.2) is 5.76 Å². The average molecular weight is 506 g/mol. The SMILES string of the molecule is Cc1ccnc(Nc2cc(N3CCN(C(=O)c4ccc5noc(-c6ccccc6)c5c4)CC3)nc(C)n2)c1. The van der Waals surface area contributed by atoms with Gasteiger partial charge in [-0.2, -0.15) is 0 Å². The molecule has 0 radical (unpaired) electrons. The first-order chi connectivity index (χ1) is 18.5. The predicted molar refractivity (Wildman–Crippen MR) is 147 cm³/mol. The third kappa shape index (κ3) is 4.78. The quantitative estimate of drug-likeness (QED) is 0.356. The number of nitrogens with one attached hydrogen (secondary N) is 1. The number of benzene rings is 2. The zero-order valence-corrected chi connectivity index (χ0v) is 21.3. The summed E-state index contributed by atoms with van der Waals surface area (Å²) >= 11 is 0. The number of anilines is 3. The number of piperazine rings is 1. The number of rotatable bonds is 5. The van der Waals surface area contributed by atoms with Crippen molar-refractivity contribution in [2.24, 2.45) is 0 Å². The van der Waals surface area contributed by atoms with Crippen LogP contribution in [0, 0.1) is 13.8 Å². The van der Waals surface area contributed by atoms with Gasteiger partial charge in [0.1, 0.15) is 28.8 Å². The van der Waals surface area contributed by atoms with E-state index in [0.29, 0.717) is 49.1 Å². The zero-order valence-electron chi connectivity index (χ0n) is 21.3. The van der Waals surface area contributed by atoms with E-state index in [9.17, 15) is 4.79 Å². The number of nitrogens with zero attached hydrogens (tertiary/aromatic N) is 6. The van der Waals surface area contributed by atoms with Gasteiger partial charge in [0.2, 0.25) is 0 Å². The molecule has 0 saturated carbocycles. The van der Waals surface area contributed by atoms with Crippen LogP contribution in [-0.4, -0.2) is 57.1 Å². The van der Waals surface area contributed by atoms with Crippen LogP contribution in [0.5, 0.6) is 0 Å². The summed E-state index contributed by atoms with van der Waals surface area (Å²) in [7, 11) is 0. The van der Waals surface area contributed by atoms with E-state index in [4.69, 9.17) is 4.52 Å². The third-order valence-corrected chi connectivity index (χ3v) is 6.65. The van der Waals surface area contributed by atoms with Gasteiger partial charge in [-0.05, 0) is 49.7 Å². The summed E-state index contributed by atoms with van der Waals surface area (Å²) in [5, 5.41) is 8.28. The van der Waals surface area contributed by atoms with Gasteiger partial charge >= 0.3 is 0 Å². The molecule has 38 heavy (non-hydrogen) atoms. The molecular weight excluding hydrogens is 478 g/mol. The maximum Gasteiger partial charge on any atom is 0.254 e. The monoisotopic (exact) mass is 505 g/mol. The van der Waals surface area contributed by atoms with Crippen molar-refractivity contribution in [1.29, 1.82) is 0 Å². The fourth-order valence-electron chi connectivity index (χ4n) is 4.71. The molecule has 5 aromatic rings. The lowest BCUT2D eigenvalue weighted by molar-refractivity contribution is 0.0746. The first-order valence-corrected chi connectivity index (χ1v) is 12.6. The molecule has 0 unspecified atom stereocenters. The van der Waals surface area contributed by atoms with Gasteiger partial charge in [0.05, 0.1) is 5.39 Å². The molecule has 2 aromatic carbocycles. The first-order valence-electron chi connectivity index (χ1n) is 12.6. The molecule has 1 fully saturated rings. The Morgan fingerprint density at radius 2 is 1.71 bits per heavy atom. The number of pyridine rings is 1. The summed E-state index contributed by atoms with van der Waals surface area (Å²) in [5.41, 5.74) is 3.41. The Balaban J connectivity index is 1.16. The van der Waals surface area contributed by atoms with Gasteiger partial charge in [-0.25, -0.2) is 15.0 Å². The lowest BCUT2D eigenvalue weighted by Gasteiger charge is -2.35. The van der Waals surface area contributed by atoms with Gasteiger partial charge in [-0.1, -0.05) is 35.5 Å². The van der Waals surface area contributed by atoms with Crippen LogP contribution in [0.3, 0.4) is 0 Å². The van der Waals surface area contributed by atoms with Crippen LogP contribution in [-0.2, 0) is 0 Å². The Morgan fingerprint density at radius 3 is 2.50 bits per heavy atom. The van der Waals surface area contributed by atoms with Crippen molar-refractivity contribution in [3.63, 3.8) is 0 Å². The summed E-state index contributed by atoms with van der Waals surface area (Å²) in [6.07, 6.45) is 1.77. The molecule has 190 valence electrons. The summed E-state index contributed by atoms with van der Waals surface area (Å²) in [5.74, 6) is 3.61. The molecule has 6 rings (SSSR count). The summed E-state index contributed by atoms with van der Waals surface area (Å²) in [6, 6.07) is 21.2. The number of carbonyl (C=O) groups is 1. The van der Waals surface area contributed by atoms with E-state index in [-0.39, 0.29) is 5.91 Å². The van der Waals surface area contributed by atoms with Gasteiger partial charge < -0.3 is 19.6 Å². The molecule has 1 amide bonds. The fraction of sp³-hybridized carbons (Fsp3) is 0.207. The lowest BCUT2D eigenvalue weighted by Crippen LogP contribution is -2.49. The van der Waals surface area contributed by atoms with Gasteiger partial charge in [0.25, 0.3) is 5.91 Å². The molecule has 0 atom stereocenters. The molecule has 0 bridgehead atoms. The van der Waals surface area contributed by atoms with Crippen LogP contribution in [0.15, 0.2) is 77.4 Å². The topological polar surface area (TPSA) is 100 Å². The van der Waals surface area contributed by atoms with E-state index >= 15 is 0 Å². The lowest BCUT2D eigenvalue weighted by atomic mass is 10.1. The maximum absolute atomic E-state index is 13.4. The van der Waals surface area contributed by atoms with Crippen molar-refractivity contribution in [2.75, 3.05) is 36.4 Å². The highest BCUT2D eigenvalue weighted by Gasteiger charge is 2.24. The molecule has 4 heterocycles. The third-order valence-electron chi connectivity index (χ3n) is 6.65. The molecular formula is C29H27N7O2.